The molecule has 0 aliphatic carbocycles. The number of rotatable bonds is 4. The Morgan fingerprint density at radius 2 is 2.36 bits per heavy atom. The van der Waals surface area contributed by atoms with Crippen LogP contribution in [0.15, 0.2) is 0 Å². The van der Waals surface area contributed by atoms with Crippen molar-refractivity contribution in [2.45, 2.75) is 12.8 Å². The van der Waals surface area contributed by atoms with E-state index in [2.05, 4.69) is 16.6 Å². The van der Waals surface area contributed by atoms with Gasteiger partial charge in [0.25, 0.3) is 0 Å². The van der Waals surface area contributed by atoms with Gasteiger partial charge >= 0.3 is 0 Å². The minimum Gasteiger partial charge on any atom is -0.372 e. The molecule has 0 amide bonds. The number of carbonyl (C=O) groups excluding carboxylic acids is 1. The molecule has 0 atom stereocenters. The highest BCUT2D eigenvalue weighted by molar-refractivity contribution is 6.18. The van der Waals surface area contributed by atoms with Crippen LogP contribution in [-0.2, 0) is 9.53 Å². The van der Waals surface area contributed by atoms with Gasteiger partial charge in [0, 0.05) is 19.4 Å². The summed E-state index contributed by atoms with van der Waals surface area (Å²) in [6.07, 6.45) is 1.14. The number of ether oxygens (including phenoxy) is 1. The van der Waals surface area contributed by atoms with Crippen LogP contribution in [-0.4, -0.2) is 25.4 Å². The number of methoxy groups -OCH3 is 1. The van der Waals surface area contributed by atoms with E-state index in [-0.39, 0.29) is 5.78 Å². The van der Waals surface area contributed by atoms with Crippen LogP contribution in [0.2, 0.25) is 0 Å². The molecule has 0 aliphatic rings. The van der Waals surface area contributed by atoms with Crippen molar-refractivity contribution >= 4 is 17.4 Å². The molecule has 3 heteroatoms. The lowest BCUT2D eigenvalue weighted by atomic mass is 10.2. The van der Waals surface area contributed by atoms with Crippen molar-refractivity contribution in [3.05, 3.63) is 0 Å². The number of ketones is 1. The third-order valence-corrected chi connectivity index (χ3v) is 1.25. The first-order chi connectivity index (χ1) is 5.31. The molecular formula is C8H11ClO2. The van der Waals surface area contributed by atoms with E-state index >= 15 is 0 Å². The molecule has 0 spiro atoms. The fourth-order valence-corrected chi connectivity index (χ4v) is 0.630. The largest absolute Gasteiger partial charge is 0.372 e. The first-order valence-electron chi connectivity index (χ1n) is 3.38. The van der Waals surface area contributed by atoms with E-state index in [1.165, 1.54) is 7.11 Å². The van der Waals surface area contributed by atoms with Crippen molar-refractivity contribution in [3.8, 4) is 11.8 Å². The summed E-state index contributed by atoms with van der Waals surface area (Å²) in [6.45, 7) is 0.312. The molecule has 11 heavy (non-hydrogen) atoms. The average molecular weight is 175 g/mol. The molecule has 0 aromatic carbocycles. The lowest BCUT2D eigenvalue weighted by Crippen LogP contribution is -1.94. The van der Waals surface area contributed by atoms with Crippen LogP contribution in [0, 0.1) is 11.8 Å². The molecule has 0 saturated heterocycles. The molecule has 0 heterocycles. The molecule has 0 aromatic rings. The minimum atomic E-state index is -0.0669. The van der Waals surface area contributed by atoms with Crippen LogP contribution in [0.5, 0.6) is 0 Å². The van der Waals surface area contributed by atoms with Gasteiger partial charge in [-0.25, -0.2) is 0 Å². The number of carbonyl (C=O) groups is 1. The van der Waals surface area contributed by atoms with E-state index < -0.39 is 0 Å². The lowest BCUT2D eigenvalue weighted by molar-refractivity contribution is -0.113. The first-order valence-corrected chi connectivity index (χ1v) is 3.91. The van der Waals surface area contributed by atoms with Gasteiger partial charge in [-0.3, -0.25) is 4.79 Å². The second kappa shape index (κ2) is 7.59. The second-order valence-electron chi connectivity index (χ2n) is 1.95. The van der Waals surface area contributed by atoms with Crippen LogP contribution in [0.3, 0.4) is 0 Å². The molecule has 0 rings (SSSR count). The summed E-state index contributed by atoms with van der Waals surface area (Å²) in [5.74, 6) is 5.47. The monoisotopic (exact) mass is 174 g/mol. The normalized spacial score (nSPS) is 8.55. The molecule has 0 saturated carbocycles. The van der Waals surface area contributed by atoms with E-state index in [0.717, 1.165) is 0 Å². The standard InChI is InChI=1S/C8H11ClO2/c1-11-7-3-5-8(10)4-2-6-9/h2,4,6-7H2,1H3. The van der Waals surface area contributed by atoms with E-state index in [4.69, 9.17) is 11.6 Å². The quantitative estimate of drug-likeness (QED) is 0.364. The molecule has 0 aromatic heterocycles. The minimum absolute atomic E-state index is 0.0669. The van der Waals surface area contributed by atoms with Gasteiger partial charge in [-0.2, -0.15) is 0 Å². The first kappa shape index (κ1) is 10.5. The van der Waals surface area contributed by atoms with Gasteiger partial charge in [0.2, 0.25) is 5.78 Å². The van der Waals surface area contributed by atoms with Crippen LogP contribution < -0.4 is 0 Å². The molecule has 2 nitrogen and oxygen atoms in total. The maximum atomic E-state index is 10.8. The highest BCUT2D eigenvalue weighted by Crippen LogP contribution is 1.91. The van der Waals surface area contributed by atoms with Crippen LogP contribution in [0.25, 0.3) is 0 Å². The number of hydrogen-bond acceptors (Lipinski definition) is 2. The predicted octanol–water partition coefficient (Wildman–Crippen LogP) is 1.22. The van der Waals surface area contributed by atoms with Crippen molar-refractivity contribution in [1.82, 2.24) is 0 Å². The molecule has 0 bridgehead atoms. The van der Waals surface area contributed by atoms with E-state index in [9.17, 15) is 4.79 Å². The number of Topliss-reactive ketones (excluding diaryl/α,β-unsaturated/α-hetero) is 1. The Hall–Kier alpha value is -0.520. The third kappa shape index (κ3) is 7.38. The Kier molecular flexibility index (Phi) is 7.23. The summed E-state index contributed by atoms with van der Waals surface area (Å²) in [4.78, 5) is 10.8. The van der Waals surface area contributed by atoms with Gasteiger partial charge in [0.1, 0.15) is 6.61 Å². The van der Waals surface area contributed by atoms with Gasteiger partial charge in [-0.15, -0.1) is 11.6 Å². The molecule has 0 radical (unpaired) electrons. The van der Waals surface area contributed by atoms with Crippen molar-refractivity contribution in [3.63, 3.8) is 0 Å². The second-order valence-corrected chi connectivity index (χ2v) is 2.33. The predicted molar refractivity (Wildman–Crippen MR) is 44.6 cm³/mol. The fourth-order valence-electron chi connectivity index (χ4n) is 0.497. The van der Waals surface area contributed by atoms with Crippen molar-refractivity contribution < 1.29 is 9.53 Å². The molecule has 0 N–H and O–H groups in total. The summed E-state index contributed by atoms with van der Waals surface area (Å²) in [6, 6.07) is 0. The summed E-state index contributed by atoms with van der Waals surface area (Å²) in [7, 11) is 1.54. The highest BCUT2D eigenvalue weighted by Gasteiger charge is 1.93. The number of halogens is 1. The van der Waals surface area contributed by atoms with Crippen LogP contribution >= 0.6 is 11.6 Å². The molecule has 0 aliphatic heterocycles. The Morgan fingerprint density at radius 1 is 1.64 bits per heavy atom. The number of hydrogen-bond donors (Lipinski definition) is 0. The summed E-state index contributed by atoms with van der Waals surface area (Å²) in [5.41, 5.74) is 0. The zero-order chi connectivity index (χ0) is 8.53. The Balaban J connectivity index is 3.45. The topological polar surface area (TPSA) is 26.3 Å². The Bertz CT molecular complexity index is 167. The van der Waals surface area contributed by atoms with Gasteiger partial charge in [0.05, 0.1) is 0 Å². The van der Waals surface area contributed by atoms with E-state index in [1.807, 2.05) is 0 Å². The average Bonchev–Trinajstić information content (AvgIpc) is 2.01. The van der Waals surface area contributed by atoms with Gasteiger partial charge in [-0.05, 0) is 12.3 Å². The van der Waals surface area contributed by atoms with Gasteiger partial charge in [-0.1, -0.05) is 5.92 Å². The summed E-state index contributed by atoms with van der Waals surface area (Å²) >= 11 is 5.38. The Morgan fingerprint density at radius 3 is 2.91 bits per heavy atom. The number of alkyl halides is 1. The summed E-state index contributed by atoms with van der Waals surface area (Å²) < 4.78 is 4.64. The fraction of sp³-hybridized carbons (Fsp3) is 0.625. The molecule has 0 fully saturated rings. The smallest absolute Gasteiger partial charge is 0.205 e. The maximum Gasteiger partial charge on any atom is 0.205 e. The third-order valence-electron chi connectivity index (χ3n) is 0.982. The van der Waals surface area contributed by atoms with E-state index in [1.54, 1.807) is 0 Å². The van der Waals surface area contributed by atoms with Crippen molar-refractivity contribution in [2.24, 2.45) is 0 Å². The van der Waals surface area contributed by atoms with E-state index in [0.29, 0.717) is 25.3 Å². The van der Waals surface area contributed by atoms with Crippen LogP contribution in [0.1, 0.15) is 12.8 Å². The summed E-state index contributed by atoms with van der Waals surface area (Å²) in [5, 5.41) is 0. The SMILES string of the molecule is COCC#CC(=O)CCCCl. The molecule has 0 unspecified atom stereocenters. The zero-order valence-electron chi connectivity index (χ0n) is 6.52. The lowest BCUT2D eigenvalue weighted by Gasteiger charge is -1.87. The molecular weight excluding hydrogens is 164 g/mol. The van der Waals surface area contributed by atoms with Gasteiger partial charge in [0.15, 0.2) is 0 Å². The highest BCUT2D eigenvalue weighted by atomic mass is 35.5. The van der Waals surface area contributed by atoms with Crippen molar-refractivity contribution in [1.29, 1.82) is 0 Å². The van der Waals surface area contributed by atoms with Crippen LogP contribution in [0.4, 0.5) is 0 Å². The zero-order valence-corrected chi connectivity index (χ0v) is 7.28. The molecule has 62 valence electrons. The van der Waals surface area contributed by atoms with Gasteiger partial charge < -0.3 is 4.74 Å². The van der Waals surface area contributed by atoms with Crippen molar-refractivity contribution in [2.75, 3.05) is 19.6 Å². The maximum absolute atomic E-state index is 10.8. The Labute approximate surface area is 71.9 Å².